The van der Waals surface area contributed by atoms with Gasteiger partial charge in [0.15, 0.2) is 11.6 Å². The average Bonchev–Trinajstić information content (AvgIpc) is 3.31. The topological polar surface area (TPSA) is 36.9 Å². The van der Waals surface area contributed by atoms with E-state index in [1.807, 2.05) is 0 Å². The van der Waals surface area contributed by atoms with E-state index < -0.39 is 0 Å². The van der Waals surface area contributed by atoms with Crippen LogP contribution in [0.2, 0.25) is 0 Å². The summed E-state index contributed by atoms with van der Waals surface area (Å²) in [5.41, 5.74) is 0.250. The lowest BCUT2D eigenvalue weighted by Gasteiger charge is -2.72. The van der Waals surface area contributed by atoms with E-state index in [2.05, 4.69) is 22.9 Å². The number of hydrogen-bond donors (Lipinski definition) is 0. The lowest BCUT2D eigenvalue weighted by Crippen LogP contribution is -2.75. The van der Waals surface area contributed by atoms with Crippen LogP contribution in [-0.4, -0.2) is 42.3 Å². The van der Waals surface area contributed by atoms with Gasteiger partial charge in [0.1, 0.15) is 0 Å². The summed E-state index contributed by atoms with van der Waals surface area (Å²) in [6.45, 7) is 5.30. The monoisotopic (exact) mass is 382 g/mol. The first-order chi connectivity index (χ1) is 11.2. The van der Waals surface area contributed by atoms with Gasteiger partial charge in [0.05, 0.1) is 30.8 Å². The van der Waals surface area contributed by atoms with Crippen molar-refractivity contribution in [2.45, 2.75) is 42.1 Å². The molecule has 6 aliphatic carbocycles. The second kappa shape index (κ2) is 3.57. The van der Waals surface area contributed by atoms with E-state index in [0.717, 1.165) is 38.3 Å². The van der Waals surface area contributed by atoms with Crippen LogP contribution in [0, 0.1) is 40.9 Å². The molecule has 8 atom stereocenters. The molecule has 23 heavy (non-hydrogen) atoms. The third-order valence-corrected chi connectivity index (χ3v) is 10.5. The molecule has 5 heteroatoms. The summed E-state index contributed by atoms with van der Waals surface area (Å²) in [5.74, 6) is 3.01. The van der Waals surface area contributed by atoms with Crippen molar-refractivity contribution in [3.8, 4) is 0 Å². The first kappa shape index (κ1) is 13.5. The Balaban J connectivity index is 1.44. The number of rotatable bonds is 3. The normalized spacial score (nSPS) is 63.4. The Bertz CT molecular complexity index is 612. The summed E-state index contributed by atoms with van der Waals surface area (Å²) in [6.07, 6.45) is 3.79. The van der Waals surface area contributed by atoms with Crippen molar-refractivity contribution in [1.82, 2.24) is 0 Å². The molecule has 0 aromatic rings. The maximum absolute atomic E-state index is 6.48. The van der Waals surface area contributed by atoms with Crippen molar-refractivity contribution in [3.05, 3.63) is 0 Å². The van der Waals surface area contributed by atoms with E-state index in [-0.39, 0.29) is 21.3 Å². The smallest absolute Gasteiger partial charge is 0.187 e. The minimum Gasteiger partial charge on any atom is -0.347 e. The molecule has 0 aromatic carbocycles. The molecule has 0 N–H and O–H groups in total. The van der Waals surface area contributed by atoms with Gasteiger partial charge in [0.2, 0.25) is 0 Å². The minimum absolute atomic E-state index is 0.0374. The molecule has 0 amide bonds. The van der Waals surface area contributed by atoms with Gasteiger partial charge < -0.3 is 18.9 Å². The van der Waals surface area contributed by atoms with Crippen LogP contribution in [0.3, 0.4) is 0 Å². The second-order valence-corrected chi connectivity index (χ2v) is 10.1. The van der Waals surface area contributed by atoms with Crippen LogP contribution in [-0.2, 0) is 18.9 Å². The summed E-state index contributed by atoms with van der Waals surface area (Å²) < 4.78 is 25.7. The van der Waals surface area contributed by atoms with Gasteiger partial charge in [-0.3, -0.25) is 0 Å². The van der Waals surface area contributed by atoms with Gasteiger partial charge in [-0.15, -0.1) is 0 Å². The fourth-order valence-corrected chi connectivity index (χ4v) is 10.7. The maximum Gasteiger partial charge on any atom is 0.187 e. The third kappa shape index (κ3) is 0.898. The van der Waals surface area contributed by atoms with Gasteiger partial charge in [-0.1, -0.05) is 35.7 Å². The molecule has 2 heterocycles. The first-order valence-electron chi connectivity index (χ1n) is 9.45. The highest BCUT2D eigenvalue weighted by Gasteiger charge is 3.07. The zero-order valence-corrected chi connectivity index (χ0v) is 15.0. The third-order valence-electron chi connectivity index (χ3n) is 8.92. The van der Waals surface area contributed by atoms with E-state index in [4.69, 9.17) is 18.9 Å². The summed E-state index contributed by atoms with van der Waals surface area (Å²) in [5, 5.41) is 0. The van der Waals surface area contributed by atoms with Crippen LogP contribution in [0.4, 0.5) is 0 Å². The molecular formula is C18H23BrO4. The van der Waals surface area contributed by atoms with Gasteiger partial charge >= 0.3 is 0 Å². The van der Waals surface area contributed by atoms with Crippen LogP contribution < -0.4 is 0 Å². The molecule has 2 spiro atoms. The SMILES string of the molecule is CCCC[C@]12[C@@H]3[C@H]4[C@H]([C@@H]5[C@@H]1[C@H]3[C@@]4(Br)C51OCCO1)C21OCCO1. The Morgan fingerprint density at radius 2 is 1.30 bits per heavy atom. The molecule has 8 aliphatic rings. The van der Waals surface area contributed by atoms with Crippen molar-refractivity contribution >= 4 is 15.9 Å². The number of halogens is 1. The summed E-state index contributed by atoms with van der Waals surface area (Å²) in [4.78, 5) is 0. The Labute approximate surface area is 144 Å². The van der Waals surface area contributed by atoms with Crippen molar-refractivity contribution in [2.24, 2.45) is 40.9 Å². The maximum atomic E-state index is 6.48. The van der Waals surface area contributed by atoms with E-state index in [1.54, 1.807) is 0 Å². The molecule has 0 radical (unpaired) electrons. The quantitative estimate of drug-likeness (QED) is 0.702. The molecule has 0 aromatic heterocycles. The highest BCUT2D eigenvalue weighted by atomic mass is 79.9. The molecule has 0 unspecified atom stereocenters. The molecule has 4 nitrogen and oxygen atoms in total. The molecule has 8 rings (SSSR count). The van der Waals surface area contributed by atoms with E-state index in [1.165, 1.54) is 19.3 Å². The van der Waals surface area contributed by atoms with Crippen LogP contribution in [0.15, 0.2) is 0 Å². The predicted molar refractivity (Wildman–Crippen MR) is 83.8 cm³/mol. The fraction of sp³-hybridized carbons (Fsp3) is 1.00. The number of unbranched alkanes of at least 4 members (excludes halogenated alkanes) is 1. The van der Waals surface area contributed by atoms with Crippen LogP contribution in [0.5, 0.6) is 0 Å². The van der Waals surface area contributed by atoms with Gasteiger partial charge in [-0.2, -0.15) is 0 Å². The molecule has 8 fully saturated rings. The Kier molecular flexibility index (Phi) is 2.10. The predicted octanol–water partition coefficient (Wildman–Crippen LogP) is 2.55. The van der Waals surface area contributed by atoms with Gasteiger partial charge in [0.25, 0.3) is 0 Å². The van der Waals surface area contributed by atoms with Crippen molar-refractivity contribution in [1.29, 1.82) is 0 Å². The second-order valence-electron chi connectivity index (χ2n) is 8.80. The molecular weight excluding hydrogens is 360 g/mol. The van der Waals surface area contributed by atoms with Crippen molar-refractivity contribution < 1.29 is 18.9 Å². The largest absolute Gasteiger partial charge is 0.347 e. The molecule has 2 saturated heterocycles. The lowest BCUT2D eigenvalue weighted by atomic mass is 9.34. The minimum atomic E-state index is -0.388. The van der Waals surface area contributed by atoms with E-state index >= 15 is 0 Å². The zero-order chi connectivity index (χ0) is 15.2. The number of ether oxygens (including phenoxy) is 4. The number of alkyl halides is 1. The Hall–Kier alpha value is 0.320. The molecule has 6 saturated carbocycles. The highest BCUT2D eigenvalue weighted by molar-refractivity contribution is 9.10. The zero-order valence-electron chi connectivity index (χ0n) is 13.4. The molecule has 126 valence electrons. The van der Waals surface area contributed by atoms with Crippen LogP contribution in [0.1, 0.15) is 26.2 Å². The fourth-order valence-electron chi connectivity index (χ4n) is 9.02. The summed E-state index contributed by atoms with van der Waals surface area (Å²) >= 11 is 4.19. The lowest BCUT2D eigenvalue weighted by molar-refractivity contribution is -0.300. The van der Waals surface area contributed by atoms with Gasteiger partial charge in [-0.05, 0) is 30.1 Å². The average molecular weight is 383 g/mol. The summed E-state index contributed by atoms with van der Waals surface area (Å²) in [7, 11) is 0. The van der Waals surface area contributed by atoms with Crippen LogP contribution in [0.25, 0.3) is 0 Å². The molecule has 2 aliphatic heterocycles. The Morgan fingerprint density at radius 3 is 1.96 bits per heavy atom. The number of hydrogen-bond acceptors (Lipinski definition) is 4. The highest BCUT2D eigenvalue weighted by Crippen LogP contribution is 3.01. The van der Waals surface area contributed by atoms with Crippen LogP contribution >= 0.6 is 15.9 Å². The van der Waals surface area contributed by atoms with Gasteiger partial charge in [-0.25, -0.2) is 0 Å². The van der Waals surface area contributed by atoms with Gasteiger partial charge in [0, 0.05) is 17.3 Å². The van der Waals surface area contributed by atoms with Crippen molar-refractivity contribution in [3.63, 3.8) is 0 Å². The van der Waals surface area contributed by atoms with Crippen molar-refractivity contribution in [2.75, 3.05) is 26.4 Å². The standard InChI is InChI=1S/C18H23BrO4/c1-2-3-4-15-9-11-10(15)13-14(17(15)20-5-6-21-17)12(9)16(11,19)18(13)22-7-8-23-18/h9-14H,2-8H2,1H3/t9-,10-,11-,12-,13-,14+,15-,16-/m0/s1. The van der Waals surface area contributed by atoms with E-state index in [0.29, 0.717) is 23.7 Å². The Morgan fingerprint density at radius 1 is 0.783 bits per heavy atom. The molecule has 4 bridgehead atoms. The summed E-state index contributed by atoms with van der Waals surface area (Å²) in [6, 6.07) is 0. The first-order valence-corrected chi connectivity index (χ1v) is 10.2. The van der Waals surface area contributed by atoms with E-state index in [9.17, 15) is 0 Å².